The molecule has 1 aromatic carbocycles. The lowest BCUT2D eigenvalue weighted by Crippen LogP contribution is -2.50. The summed E-state index contributed by atoms with van der Waals surface area (Å²) in [5, 5.41) is 6.58. The average Bonchev–Trinajstić information content (AvgIpc) is 3.06. The van der Waals surface area contributed by atoms with Gasteiger partial charge in [-0.15, -0.1) is 0 Å². The van der Waals surface area contributed by atoms with E-state index >= 15 is 0 Å². The zero-order chi connectivity index (χ0) is 18.6. The second-order valence-corrected chi connectivity index (χ2v) is 6.91. The third-order valence-corrected chi connectivity index (χ3v) is 4.33. The van der Waals surface area contributed by atoms with Gasteiger partial charge < -0.3 is 15.1 Å². The third-order valence-electron chi connectivity index (χ3n) is 3.77. The van der Waals surface area contributed by atoms with Crippen molar-refractivity contribution in [3.8, 4) is 0 Å². The molecule has 0 aliphatic rings. The lowest BCUT2D eigenvalue weighted by Gasteiger charge is -2.24. The van der Waals surface area contributed by atoms with E-state index in [1.807, 2.05) is 20.8 Å². The summed E-state index contributed by atoms with van der Waals surface area (Å²) < 4.78 is 5.06. The van der Waals surface area contributed by atoms with Crippen LogP contribution in [0.4, 0.5) is 0 Å². The highest BCUT2D eigenvalue weighted by molar-refractivity contribution is 6.35. The van der Waals surface area contributed by atoms with Crippen molar-refractivity contribution < 1.29 is 14.0 Å². The van der Waals surface area contributed by atoms with E-state index in [4.69, 9.17) is 27.6 Å². The fraction of sp³-hybridized carbons (Fsp3) is 0.333. The summed E-state index contributed by atoms with van der Waals surface area (Å²) in [6.07, 6.45) is 1.41. The summed E-state index contributed by atoms with van der Waals surface area (Å²) in [5.41, 5.74) is 0.749. The maximum absolute atomic E-state index is 12.6. The van der Waals surface area contributed by atoms with Crippen molar-refractivity contribution in [1.29, 1.82) is 0 Å². The third kappa shape index (κ3) is 5.00. The molecule has 134 valence electrons. The quantitative estimate of drug-likeness (QED) is 0.785. The zero-order valence-corrected chi connectivity index (χ0v) is 15.7. The Morgan fingerprint density at radius 3 is 2.36 bits per heavy atom. The predicted molar refractivity (Wildman–Crippen MR) is 97.8 cm³/mol. The largest absolute Gasteiger partial charge is 0.459 e. The molecule has 2 unspecified atom stereocenters. The molecule has 0 saturated heterocycles. The van der Waals surface area contributed by atoms with Crippen LogP contribution in [0.2, 0.25) is 10.0 Å². The van der Waals surface area contributed by atoms with E-state index in [0.717, 1.165) is 5.56 Å². The molecular weight excluding hydrogens is 363 g/mol. The predicted octanol–water partition coefficient (Wildman–Crippen LogP) is 4.22. The van der Waals surface area contributed by atoms with Crippen LogP contribution >= 0.6 is 23.2 Å². The highest BCUT2D eigenvalue weighted by atomic mass is 35.5. The topological polar surface area (TPSA) is 71.3 Å². The van der Waals surface area contributed by atoms with Crippen LogP contribution in [0.3, 0.4) is 0 Å². The van der Waals surface area contributed by atoms with Crippen LogP contribution < -0.4 is 10.6 Å². The van der Waals surface area contributed by atoms with Gasteiger partial charge in [-0.25, -0.2) is 0 Å². The Labute approximate surface area is 156 Å². The van der Waals surface area contributed by atoms with Gasteiger partial charge in [0, 0.05) is 10.0 Å². The van der Waals surface area contributed by atoms with Crippen molar-refractivity contribution in [3.05, 3.63) is 58.0 Å². The molecular formula is C18H20Cl2N2O3. The molecule has 2 atom stereocenters. The highest BCUT2D eigenvalue weighted by Gasteiger charge is 2.27. The molecule has 2 aromatic rings. The molecule has 0 radical (unpaired) electrons. The summed E-state index contributed by atoms with van der Waals surface area (Å²) in [6.45, 7) is 5.53. The molecule has 1 heterocycles. The lowest BCUT2D eigenvalue weighted by molar-refractivity contribution is -0.124. The van der Waals surface area contributed by atoms with Gasteiger partial charge in [0.15, 0.2) is 5.76 Å². The Morgan fingerprint density at radius 2 is 1.80 bits per heavy atom. The van der Waals surface area contributed by atoms with Crippen LogP contribution in [0.25, 0.3) is 0 Å². The molecule has 0 saturated carbocycles. The standard InChI is InChI=1S/C18H20Cl2N2O3/c1-10(2)16(22-17(23)15-5-4-8-25-15)18(24)21-11(3)13-7-6-12(19)9-14(13)20/h4-11,16H,1-3H3,(H,21,24)(H,22,23). The van der Waals surface area contributed by atoms with Crippen LogP contribution in [0.1, 0.15) is 42.9 Å². The van der Waals surface area contributed by atoms with Gasteiger partial charge in [-0.1, -0.05) is 43.1 Å². The van der Waals surface area contributed by atoms with E-state index in [9.17, 15) is 9.59 Å². The number of hydrogen-bond donors (Lipinski definition) is 2. The number of nitrogens with one attached hydrogen (secondary N) is 2. The van der Waals surface area contributed by atoms with E-state index < -0.39 is 11.9 Å². The van der Waals surface area contributed by atoms with Gasteiger partial charge in [-0.05, 0) is 42.7 Å². The van der Waals surface area contributed by atoms with Gasteiger partial charge in [0.25, 0.3) is 5.91 Å². The van der Waals surface area contributed by atoms with Gasteiger partial charge in [0.05, 0.1) is 12.3 Å². The van der Waals surface area contributed by atoms with Gasteiger partial charge in [0.1, 0.15) is 6.04 Å². The molecule has 2 amide bonds. The van der Waals surface area contributed by atoms with Crippen molar-refractivity contribution in [2.75, 3.05) is 0 Å². The molecule has 0 aliphatic carbocycles. The maximum atomic E-state index is 12.6. The lowest BCUT2D eigenvalue weighted by atomic mass is 10.0. The van der Waals surface area contributed by atoms with Crippen molar-refractivity contribution in [3.63, 3.8) is 0 Å². The van der Waals surface area contributed by atoms with E-state index in [-0.39, 0.29) is 23.6 Å². The van der Waals surface area contributed by atoms with Gasteiger partial charge in [0.2, 0.25) is 5.91 Å². The second kappa shape index (κ2) is 8.41. The average molecular weight is 383 g/mol. The highest BCUT2D eigenvalue weighted by Crippen LogP contribution is 2.26. The molecule has 7 heteroatoms. The molecule has 1 aromatic heterocycles. The number of amides is 2. The van der Waals surface area contributed by atoms with E-state index in [1.165, 1.54) is 6.26 Å². The first kappa shape index (κ1) is 19.3. The Kier molecular flexibility index (Phi) is 6.51. The van der Waals surface area contributed by atoms with Crippen molar-refractivity contribution in [1.82, 2.24) is 10.6 Å². The number of carbonyl (C=O) groups excluding carboxylic acids is 2. The first-order valence-electron chi connectivity index (χ1n) is 7.89. The van der Waals surface area contributed by atoms with E-state index in [0.29, 0.717) is 10.0 Å². The SMILES string of the molecule is CC(NC(=O)C(NC(=O)c1ccco1)C(C)C)c1ccc(Cl)cc1Cl. The summed E-state index contributed by atoms with van der Waals surface area (Å²) in [4.78, 5) is 24.8. The summed E-state index contributed by atoms with van der Waals surface area (Å²) in [7, 11) is 0. The van der Waals surface area contributed by atoms with Crippen molar-refractivity contribution in [2.24, 2.45) is 5.92 Å². The molecule has 5 nitrogen and oxygen atoms in total. The molecule has 0 bridgehead atoms. The Bertz CT molecular complexity index is 745. The van der Waals surface area contributed by atoms with Crippen LogP contribution in [0, 0.1) is 5.92 Å². The van der Waals surface area contributed by atoms with Crippen LogP contribution in [0.15, 0.2) is 41.0 Å². The van der Waals surface area contributed by atoms with Crippen molar-refractivity contribution >= 4 is 35.0 Å². The Hall–Kier alpha value is -1.98. The fourth-order valence-electron chi connectivity index (χ4n) is 2.39. The van der Waals surface area contributed by atoms with E-state index in [1.54, 1.807) is 30.3 Å². The molecule has 0 spiro atoms. The smallest absolute Gasteiger partial charge is 0.287 e. The Balaban J connectivity index is 2.08. The fourth-order valence-corrected chi connectivity index (χ4v) is 2.96. The summed E-state index contributed by atoms with van der Waals surface area (Å²) >= 11 is 12.1. The Morgan fingerprint density at radius 1 is 1.08 bits per heavy atom. The number of hydrogen-bond acceptors (Lipinski definition) is 3. The first-order valence-corrected chi connectivity index (χ1v) is 8.65. The molecule has 2 rings (SSSR count). The number of furan rings is 1. The van der Waals surface area contributed by atoms with Gasteiger partial charge in [-0.3, -0.25) is 9.59 Å². The van der Waals surface area contributed by atoms with E-state index in [2.05, 4.69) is 10.6 Å². The monoisotopic (exact) mass is 382 g/mol. The first-order chi connectivity index (χ1) is 11.8. The van der Waals surface area contributed by atoms with Crippen molar-refractivity contribution in [2.45, 2.75) is 32.9 Å². The number of rotatable bonds is 6. The molecule has 2 N–H and O–H groups in total. The van der Waals surface area contributed by atoms with Gasteiger partial charge >= 0.3 is 0 Å². The minimum Gasteiger partial charge on any atom is -0.459 e. The van der Waals surface area contributed by atoms with Crippen LogP contribution in [0.5, 0.6) is 0 Å². The minimum atomic E-state index is -0.703. The molecule has 25 heavy (non-hydrogen) atoms. The summed E-state index contributed by atoms with van der Waals surface area (Å²) in [5.74, 6) is -0.677. The van der Waals surface area contributed by atoms with Crippen LogP contribution in [-0.4, -0.2) is 17.9 Å². The van der Waals surface area contributed by atoms with Gasteiger partial charge in [-0.2, -0.15) is 0 Å². The summed E-state index contributed by atoms with van der Waals surface area (Å²) in [6, 6.07) is 7.22. The molecule has 0 aliphatic heterocycles. The second-order valence-electron chi connectivity index (χ2n) is 6.07. The normalized spacial score (nSPS) is 13.4. The molecule has 0 fully saturated rings. The van der Waals surface area contributed by atoms with Crippen LogP contribution in [-0.2, 0) is 4.79 Å². The number of benzene rings is 1. The number of halogens is 2. The maximum Gasteiger partial charge on any atom is 0.287 e. The minimum absolute atomic E-state index is 0.105. The number of carbonyl (C=O) groups is 2. The zero-order valence-electron chi connectivity index (χ0n) is 14.2.